The van der Waals surface area contributed by atoms with Gasteiger partial charge in [-0.3, -0.25) is 4.79 Å². The topological polar surface area (TPSA) is 59.2 Å². The monoisotopic (exact) mass is 451 g/mol. The van der Waals surface area contributed by atoms with Gasteiger partial charge in [-0.1, -0.05) is 18.2 Å². The molecule has 0 radical (unpaired) electrons. The van der Waals surface area contributed by atoms with Crippen LogP contribution in [0.1, 0.15) is 41.5 Å². The Morgan fingerprint density at radius 2 is 1.88 bits per heavy atom. The summed E-state index contributed by atoms with van der Waals surface area (Å²) in [4.78, 5) is 19.5. The molecule has 33 heavy (non-hydrogen) atoms. The quantitative estimate of drug-likeness (QED) is 0.416. The van der Waals surface area contributed by atoms with Gasteiger partial charge in [-0.15, -0.1) is 0 Å². The average molecular weight is 451 g/mol. The number of benzene rings is 2. The van der Waals surface area contributed by atoms with E-state index in [-0.39, 0.29) is 5.57 Å². The normalized spacial score (nSPS) is 20.6. The van der Waals surface area contributed by atoms with Gasteiger partial charge in [0.25, 0.3) is 0 Å². The number of hydrogen-bond acceptors (Lipinski definition) is 3. The SMILES string of the molecule is Cc1cc2cc(C(=Cc3ccc(C(F)(F)F)cc3)C(N)=O)ccc2nc1N1CC2CCC1C2. The lowest BCUT2D eigenvalue weighted by Crippen LogP contribution is -2.33. The van der Waals surface area contributed by atoms with Gasteiger partial charge in [0, 0.05) is 23.5 Å². The first-order valence-corrected chi connectivity index (χ1v) is 11.1. The van der Waals surface area contributed by atoms with E-state index in [4.69, 9.17) is 10.7 Å². The number of nitrogens with zero attached hydrogens (tertiary/aromatic N) is 2. The van der Waals surface area contributed by atoms with Crippen molar-refractivity contribution >= 4 is 34.3 Å². The highest BCUT2D eigenvalue weighted by molar-refractivity contribution is 6.24. The van der Waals surface area contributed by atoms with E-state index in [1.54, 1.807) is 6.07 Å². The number of amides is 1. The summed E-state index contributed by atoms with van der Waals surface area (Å²) in [6.45, 7) is 3.11. The highest BCUT2D eigenvalue weighted by Crippen LogP contribution is 2.41. The molecule has 1 aliphatic heterocycles. The van der Waals surface area contributed by atoms with Gasteiger partial charge in [0.1, 0.15) is 5.82 Å². The summed E-state index contributed by atoms with van der Waals surface area (Å²) in [6, 6.07) is 12.8. The maximum Gasteiger partial charge on any atom is 0.416 e. The number of pyridine rings is 1. The molecule has 1 amide bonds. The Morgan fingerprint density at radius 1 is 1.12 bits per heavy atom. The maximum absolute atomic E-state index is 12.8. The lowest BCUT2D eigenvalue weighted by atomic mass is 9.99. The van der Waals surface area contributed by atoms with Gasteiger partial charge in [-0.25, -0.2) is 4.98 Å². The molecular weight excluding hydrogens is 427 g/mol. The number of aryl methyl sites for hydroxylation is 1. The number of aromatic nitrogens is 1. The zero-order valence-electron chi connectivity index (χ0n) is 18.2. The van der Waals surface area contributed by atoms with Gasteiger partial charge in [-0.05, 0) is 85.2 Å². The summed E-state index contributed by atoms with van der Waals surface area (Å²) >= 11 is 0. The molecule has 0 spiro atoms. The molecule has 2 fully saturated rings. The van der Waals surface area contributed by atoms with Crippen LogP contribution in [0.5, 0.6) is 0 Å². The van der Waals surface area contributed by atoms with E-state index in [2.05, 4.69) is 11.0 Å². The van der Waals surface area contributed by atoms with E-state index in [1.165, 1.54) is 37.5 Å². The van der Waals surface area contributed by atoms with Crippen molar-refractivity contribution in [2.75, 3.05) is 11.4 Å². The van der Waals surface area contributed by atoms with E-state index in [0.717, 1.165) is 46.9 Å². The fraction of sp³-hybridized carbons (Fsp3) is 0.308. The lowest BCUT2D eigenvalue weighted by Gasteiger charge is -2.29. The van der Waals surface area contributed by atoms with E-state index < -0.39 is 17.6 Å². The van der Waals surface area contributed by atoms with Crippen LogP contribution in [0.4, 0.5) is 19.0 Å². The molecule has 2 unspecified atom stereocenters. The number of hydrogen-bond donors (Lipinski definition) is 1. The van der Waals surface area contributed by atoms with Crippen LogP contribution in [0.3, 0.4) is 0 Å². The zero-order valence-corrected chi connectivity index (χ0v) is 18.2. The molecule has 1 saturated carbocycles. The Labute approximate surface area is 189 Å². The first-order valence-electron chi connectivity index (χ1n) is 11.1. The number of carbonyl (C=O) groups excluding carboxylic acids is 1. The van der Waals surface area contributed by atoms with E-state index in [9.17, 15) is 18.0 Å². The van der Waals surface area contributed by atoms with Crippen molar-refractivity contribution in [1.82, 2.24) is 4.98 Å². The van der Waals surface area contributed by atoms with Crippen LogP contribution in [-0.2, 0) is 11.0 Å². The number of alkyl halides is 3. The number of rotatable bonds is 4. The third-order valence-electron chi connectivity index (χ3n) is 6.79. The van der Waals surface area contributed by atoms with Crippen LogP contribution >= 0.6 is 0 Å². The Morgan fingerprint density at radius 3 is 2.48 bits per heavy atom. The number of primary amides is 1. The number of halogens is 3. The van der Waals surface area contributed by atoms with E-state index >= 15 is 0 Å². The van der Waals surface area contributed by atoms with Crippen LogP contribution in [0.15, 0.2) is 48.5 Å². The van der Waals surface area contributed by atoms with Gasteiger partial charge in [-0.2, -0.15) is 13.2 Å². The molecule has 2 aliphatic rings. The molecule has 2 N–H and O–H groups in total. The van der Waals surface area contributed by atoms with E-state index in [0.29, 0.717) is 17.2 Å². The number of fused-ring (bicyclic) bond motifs is 3. The highest BCUT2D eigenvalue weighted by atomic mass is 19.4. The lowest BCUT2D eigenvalue weighted by molar-refractivity contribution is -0.137. The number of anilines is 1. The molecule has 1 aliphatic carbocycles. The van der Waals surface area contributed by atoms with Crippen LogP contribution < -0.4 is 10.6 Å². The van der Waals surface area contributed by atoms with Crippen molar-refractivity contribution in [2.24, 2.45) is 11.7 Å². The summed E-state index contributed by atoms with van der Waals surface area (Å²) < 4.78 is 38.5. The van der Waals surface area contributed by atoms with Crippen LogP contribution in [0, 0.1) is 12.8 Å². The Hall–Kier alpha value is -3.35. The van der Waals surface area contributed by atoms with Crippen molar-refractivity contribution in [3.8, 4) is 0 Å². The third-order valence-corrected chi connectivity index (χ3v) is 6.79. The van der Waals surface area contributed by atoms with Crippen molar-refractivity contribution < 1.29 is 18.0 Å². The molecule has 1 aromatic heterocycles. The third kappa shape index (κ3) is 4.08. The molecule has 2 aromatic carbocycles. The highest BCUT2D eigenvalue weighted by Gasteiger charge is 2.39. The van der Waals surface area contributed by atoms with Gasteiger partial charge >= 0.3 is 6.18 Å². The first-order chi connectivity index (χ1) is 15.7. The molecule has 4 nitrogen and oxygen atoms in total. The fourth-order valence-corrected chi connectivity index (χ4v) is 5.15. The van der Waals surface area contributed by atoms with Crippen molar-refractivity contribution in [1.29, 1.82) is 0 Å². The minimum Gasteiger partial charge on any atom is -0.366 e. The van der Waals surface area contributed by atoms with E-state index in [1.807, 2.05) is 19.1 Å². The summed E-state index contributed by atoms with van der Waals surface area (Å²) in [5, 5.41) is 0.887. The second-order valence-electron chi connectivity index (χ2n) is 9.06. The van der Waals surface area contributed by atoms with Gasteiger partial charge < -0.3 is 10.6 Å². The standard InChI is InChI=1S/C26H24F3N3O/c1-15-10-19-13-18(5-9-23(19)31-25(15)32-14-17-4-8-21(32)11-17)22(24(30)33)12-16-2-6-20(7-3-16)26(27,28)29/h2-3,5-7,9-10,12-13,17,21H,4,8,11,14H2,1H3,(H2,30,33). The largest absolute Gasteiger partial charge is 0.416 e. The summed E-state index contributed by atoms with van der Waals surface area (Å²) in [6.07, 6.45) is 0.872. The first kappa shape index (κ1) is 21.5. The maximum atomic E-state index is 12.8. The zero-order chi connectivity index (χ0) is 23.3. The van der Waals surface area contributed by atoms with Crippen LogP contribution in [-0.4, -0.2) is 23.5 Å². The molecule has 170 valence electrons. The van der Waals surface area contributed by atoms with Crippen molar-refractivity contribution in [2.45, 2.75) is 38.4 Å². The number of carbonyl (C=O) groups is 1. The molecule has 5 rings (SSSR count). The molecular formula is C26H24F3N3O. The van der Waals surface area contributed by atoms with Crippen LogP contribution in [0.25, 0.3) is 22.6 Å². The predicted octanol–water partition coefficient (Wildman–Crippen LogP) is 5.58. The molecule has 1 saturated heterocycles. The molecule has 2 bridgehead atoms. The number of nitrogens with two attached hydrogens (primary N) is 1. The second-order valence-corrected chi connectivity index (χ2v) is 9.06. The molecule has 7 heteroatoms. The summed E-state index contributed by atoms with van der Waals surface area (Å²) in [7, 11) is 0. The smallest absolute Gasteiger partial charge is 0.366 e. The Bertz CT molecular complexity index is 1260. The molecule has 2 heterocycles. The Kier molecular flexibility index (Phi) is 5.15. The number of piperidine rings is 1. The molecule has 2 atom stereocenters. The van der Waals surface area contributed by atoms with Gasteiger partial charge in [0.15, 0.2) is 0 Å². The van der Waals surface area contributed by atoms with Gasteiger partial charge in [0.05, 0.1) is 11.1 Å². The van der Waals surface area contributed by atoms with Crippen molar-refractivity contribution in [3.05, 3.63) is 70.8 Å². The second kappa shape index (κ2) is 7.90. The average Bonchev–Trinajstić information content (AvgIpc) is 3.40. The van der Waals surface area contributed by atoms with Crippen molar-refractivity contribution in [3.63, 3.8) is 0 Å². The van der Waals surface area contributed by atoms with Crippen LogP contribution in [0.2, 0.25) is 0 Å². The molecule has 3 aromatic rings. The summed E-state index contributed by atoms with van der Waals surface area (Å²) in [5.41, 5.74) is 8.09. The minimum atomic E-state index is -4.41. The fourth-order valence-electron chi connectivity index (χ4n) is 5.15. The predicted molar refractivity (Wildman–Crippen MR) is 123 cm³/mol. The Balaban J connectivity index is 1.49. The summed E-state index contributed by atoms with van der Waals surface area (Å²) in [5.74, 6) is 1.14. The van der Waals surface area contributed by atoms with Gasteiger partial charge in [0.2, 0.25) is 5.91 Å². The minimum absolute atomic E-state index is 0.232.